The highest BCUT2D eigenvalue weighted by molar-refractivity contribution is 5.97. The molecule has 2 N–H and O–H groups in total. The molecule has 0 aromatic heterocycles. The summed E-state index contributed by atoms with van der Waals surface area (Å²) in [6.45, 7) is 5.90. The quantitative estimate of drug-likeness (QED) is 0.707. The van der Waals surface area contributed by atoms with Gasteiger partial charge in [-0.2, -0.15) is 0 Å². The molecule has 29 heavy (non-hydrogen) atoms. The Balaban J connectivity index is 1.40. The topological polar surface area (TPSA) is 36.8 Å². The minimum absolute atomic E-state index is 0.0801. The van der Waals surface area contributed by atoms with Crippen LogP contribution in [0.25, 0.3) is 11.1 Å². The van der Waals surface area contributed by atoms with Crippen LogP contribution in [0.1, 0.15) is 6.92 Å². The van der Waals surface area contributed by atoms with Gasteiger partial charge in [0.05, 0.1) is 26.2 Å². The molecular weight excluding hydrogens is 358 g/mol. The fraction of sp³-hybridized carbons (Fsp3) is 0.240. The number of quaternary nitrogens is 1. The second-order valence-corrected chi connectivity index (χ2v) is 7.60. The molecule has 4 heteroatoms. The molecule has 3 aromatic rings. The average molecular weight is 387 g/mol. The number of nitrogens with one attached hydrogen (secondary N) is 2. The van der Waals surface area contributed by atoms with Gasteiger partial charge in [-0.3, -0.25) is 4.79 Å². The SMILES string of the molecule is C[C@H](C(=O)Nc1ccccc1-c1ccccc1)[NH+]1CCN(c2ccccc2)CC1. The van der Waals surface area contributed by atoms with Crippen LogP contribution >= 0.6 is 0 Å². The molecular formula is C25H28N3O+. The Bertz CT molecular complexity index is 935. The van der Waals surface area contributed by atoms with Crippen LogP contribution < -0.4 is 15.1 Å². The Morgan fingerprint density at radius 1 is 0.862 bits per heavy atom. The van der Waals surface area contributed by atoms with Crippen molar-refractivity contribution < 1.29 is 9.69 Å². The normalized spacial score (nSPS) is 15.7. The predicted molar refractivity (Wildman–Crippen MR) is 119 cm³/mol. The molecule has 0 spiro atoms. The number of nitrogens with zero attached hydrogens (tertiary/aromatic N) is 1. The third kappa shape index (κ3) is 4.49. The van der Waals surface area contributed by atoms with Crippen molar-refractivity contribution in [2.24, 2.45) is 0 Å². The Kier molecular flexibility index (Phi) is 5.92. The molecule has 0 aliphatic carbocycles. The molecule has 0 saturated carbocycles. The number of hydrogen-bond donors (Lipinski definition) is 2. The first-order valence-electron chi connectivity index (χ1n) is 10.3. The van der Waals surface area contributed by atoms with Crippen LogP contribution in [0.5, 0.6) is 0 Å². The lowest BCUT2D eigenvalue weighted by atomic mass is 10.0. The minimum atomic E-state index is -0.0863. The van der Waals surface area contributed by atoms with Crippen LogP contribution in [-0.2, 0) is 4.79 Å². The average Bonchev–Trinajstić information content (AvgIpc) is 2.80. The molecule has 1 saturated heterocycles. The lowest BCUT2D eigenvalue weighted by molar-refractivity contribution is -0.914. The zero-order chi connectivity index (χ0) is 20.1. The van der Waals surface area contributed by atoms with E-state index < -0.39 is 0 Å². The van der Waals surface area contributed by atoms with Gasteiger partial charge in [-0.15, -0.1) is 0 Å². The smallest absolute Gasteiger partial charge is 0.282 e. The van der Waals surface area contributed by atoms with Gasteiger partial charge in [0, 0.05) is 16.9 Å². The summed E-state index contributed by atoms with van der Waals surface area (Å²) in [5.74, 6) is 0.0801. The lowest BCUT2D eigenvalue weighted by Gasteiger charge is -2.36. The number of benzene rings is 3. The summed E-state index contributed by atoms with van der Waals surface area (Å²) in [4.78, 5) is 16.7. The largest absolute Gasteiger partial charge is 0.360 e. The van der Waals surface area contributed by atoms with E-state index >= 15 is 0 Å². The van der Waals surface area contributed by atoms with E-state index in [0.29, 0.717) is 0 Å². The summed E-state index contributed by atoms with van der Waals surface area (Å²) in [6.07, 6.45) is 0. The maximum atomic E-state index is 13.0. The molecule has 4 nitrogen and oxygen atoms in total. The van der Waals surface area contributed by atoms with Gasteiger partial charge in [0.15, 0.2) is 6.04 Å². The molecule has 148 valence electrons. The van der Waals surface area contributed by atoms with Crippen molar-refractivity contribution in [2.45, 2.75) is 13.0 Å². The third-order valence-electron chi connectivity index (χ3n) is 5.80. The summed E-state index contributed by atoms with van der Waals surface area (Å²) < 4.78 is 0. The van der Waals surface area contributed by atoms with Crippen molar-refractivity contribution in [3.63, 3.8) is 0 Å². The molecule has 1 atom stereocenters. The fourth-order valence-electron chi connectivity index (χ4n) is 4.01. The highest BCUT2D eigenvalue weighted by atomic mass is 16.2. The monoisotopic (exact) mass is 386 g/mol. The van der Waals surface area contributed by atoms with E-state index in [0.717, 1.165) is 43.0 Å². The van der Waals surface area contributed by atoms with Crippen LogP contribution in [0.15, 0.2) is 84.9 Å². The summed E-state index contributed by atoms with van der Waals surface area (Å²) in [5, 5.41) is 3.18. The maximum absolute atomic E-state index is 13.0. The van der Waals surface area contributed by atoms with Gasteiger partial charge in [-0.1, -0.05) is 66.7 Å². The Morgan fingerprint density at radius 2 is 1.45 bits per heavy atom. The van der Waals surface area contributed by atoms with Crippen molar-refractivity contribution in [1.29, 1.82) is 0 Å². The number of amides is 1. The third-order valence-corrected chi connectivity index (χ3v) is 5.80. The fourth-order valence-corrected chi connectivity index (χ4v) is 4.01. The number of carbonyl (C=O) groups is 1. The highest BCUT2D eigenvalue weighted by Gasteiger charge is 2.29. The Morgan fingerprint density at radius 3 is 2.14 bits per heavy atom. The first-order chi connectivity index (χ1) is 14.2. The molecule has 3 aromatic carbocycles. The van der Waals surface area contributed by atoms with Gasteiger partial charge < -0.3 is 15.1 Å². The first kappa shape index (κ1) is 19.2. The van der Waals surface area contributed by atoms with Crippen molar-refractivity contribution >= 4 is 17.3 Å². The van der Waals surface area contributed by atoms with E-state index in [-0.39, 0.29) is 11.9 Å². The van der Waals surface area contributed by atoms with Crippen LogP contribution in [-0.4, -0.2) is 38.1 Å². The number of rotatable bonds is 5. The summed E-state index contributed by atoms with van der Waals surface area (Å²) >= 11 is 0. The van der Waals surface area contributed by atoms with Gasteiger partial charge in [-0.05, 0) is 30.7 Å². The van der Waals surface area contributed by atoms with E-state index in [1.807, 2.05) is 49.4 Å². The summed E-state index contributed by atoms with van der Waals surface area (Å²) in [6, 6.07) is 28.6. The molecule has 1 aliphatic rings. The van der Waals surface area contributed by atoms with E-state index in [4.69, 9.17) is 0 Å². The van der Waals surface area contributed by atoms with E-state index in [1.165, 1.54) is 10.6 Å². The van der Waals surface area contributed by atoms with E-state index in [2.05, 4.69) is 52.7 Å². The van der Waals surface area contributed by atoms with Gasteiger partial charge in [0.1, 0.15) is 0 Å². The number of piperazine rings is 1. The summed E-state index contributed by atoms with van der Waals surface area (Å²) in [7, 11) is 0. The second-order valence-electron chi connectivity index (χ2n) is 7.60. The van der Waals surface area contributed by atoms with Crippen molar-refractivity contribution in [3.05, 3.63) is 84.9 Å². The molecule has 1 aliphatic heterocycles. The van der Waals surface area contributed by atoms with Crippen LogP contribution in [0.4, 0.5) is 11.4 Å². The molecule has 1 amide bonds. The van der Waals surface area contributed by atoms with E-state index in [1.54, 1.807) is 0 Å². The zero-order valence-corrected chi connectivity index (χ0v) is 16.8. The minimum Gasteiger partial charge on any atom is -0.360 e. The predicted octanol–water partition coefficient (Wildman–Crippen LogP) is 3.09. The molecule has 0 radical (unpaired) electrons. The van der Waals surface area contributed by atoms with Gasteiger partial charge in [0.25, 0.3) is 5.91 Å². The summed E-state index contributed by atoms with van der Waals surface area (Å²) in [5.41, 5.74) is 4.30. The first-order valence-corrected chi connectivity index (χ1v) is 10.3. The molecule has 4 rings (SSSR count). The van der Waals surface area contributed by atoms with Gasteiger partial charge in [-0.25, -0.2) is 0 Å². The van der Waals surface area contributed by atoms with Crippen molar-refractivity contribution in [1.82, 2.24) is 0 Å². The van der Waals surface area contributed by atoms with Crippen LogP contribution in [0.2, 0.25) is 0 Å². The second kappa shape index (κ2) is 8.93. The lowest BCUT2D eigenvalue weighted by Crippen LogP contribution is -3.19. The van der Waals surface area contributed by atoms with Crippen LogP contribution in [0, 0.1) is 0 Å². The number of para-hydroxylation sites is 2. The van der Waals surface area contributed by atoms with Crippen molar-refractivity contribution in [2.75, 3.05) is 36.4 Å². The van der Waals surface area contributed by atoms with Gasteiger partial charge >= 0.3 is 0 Å². The molecule has 0 bridgehead atoms. The maximum Gasteiger partial charge on any atom is 0.282 e. The molecule has 0 unspecified atom stereocenters. The Hall–Kier alpha value is -3.11. The van der Waals surface area contributed by atoms with Crippen LogP contribution in [0.3, 0.4) is 0 Å². The Labute approximate surface area is 172 Å². The molecule has 1 heterocycles. The number of hydrogen-bond acceptors (Lipinski definition) is 2. The van der Waals surface area contributed by atoms with Gasteiger partial charge in [0.2, 0.25) is 0 Å². The highest BCUT2D eigenvalue weighted by Crippen LogP contribution is 2.27. The standard InChI is InChI=1S/C25H27N3O/c1-20(27-16-18-28(19-17-27)22-12-6-3-7-13-22)25(29)26-24-15-9-8-14-23(24)21-10-4-2-5-11-21/h2-15,20H,16-19H2,1H3,(H,26,29)/p+1/t20-/m1/s1. The molecule has 1 fully saturated rings. The van der Waals surface area contributed by atoms with E-state index in [9.17, 15) is 4.79 Å². The number of carbonyl (C=O) groups excluding carboxylic acids is 1. The zero-order valence-electron chi connectivity index (χ0n) is 16.8. The number of anilines is 2. The van der Waals surface area contributed by atoms with Crippen molar-refractivity contribution in [3.8, 4) is 11.1 Å².